The van der Waals surface area contributed by atoms with Crippen molar-refractivity contribution in [2.24, 2.45) is 11.8 Å². The molecule has 1 aromatic carbocycles. The smallest absolute Gasteiger partial charge is 0.163 e. The van der Waals surface area contributed by atoms with Crippen LogP contribution in [0.4, 0.5) is 5.69 Å². The largest absolute Gasteiger partial charge is 0.373 e. The number of fused-ring (bicyclic) bond motifs is 2. The van der Waals surface area contributed by atoms with Crippen molar-refractivity contribution < 1.29 is 4.79 Å². The number of allylic oxidation sites excluding steroid dienone is 6. The van der Waals surface area contributed by atoms with Crippen LogP contribution in [0.3, 0.4) is 0 Å². The molecule has 0 bridgehead atoms. The van der Waals surface area contributed by atoms with Crippen molar-refractivity contribution in [3.05, 3.63) is 65.9 Å². The van der Waals surface area contributed by atoms with E-state index >= 15 is 0 Å². The zero-order valence-corrected chi connectivity index (χ0v) is 15.7. The van der Waals surface area contributed by atoms with E-state index in [4.69, 9.17) is 0 Å². The van der Waals surface area contributed by atoms with E-state index in [2.05, 4.69) is 57.6 Å². The predicted octanol–water partition coefficient (Wildman–Crippen LogP) is 3.10. The highest BCUT2D eigenvalue weighted by atomic mass is 16.1. The van der Waals surface area contributed by atoms with Crippen LogP contribution in [-0.4, -0.2) is 43.0 Å². The molecule has 4 aliphatic rings. The third kappa shape index (κ3) is 3.23. The van der Waals surface area contributed by atoms with Gasteiger partial charge in [-0.05, 0) is 55.0 Å². The summed E-state index contributed by atoms with van der Waals surface area (Å²) in [6.07, 6.45) is 11.8. The average molecular weight is 361 g/mol. The molecule has 0 saturated carbocycles. The van der Waals surface area contributed by atoms with E-state index in [9.17, 15) is 4.79 Å². The van der Waals surface area contributed by atoms with Gasteiger partial charge < -0.3 is 10.2 Å². The Morgan fingerprint density at radius 1 is 1.00 bits per heavy atom. The molecule has 5 rings (SSSR count). The number of benzene rings is 1. The molecule has 2 aliphatic heterocycles. The SMILES string of the molecule is O=C1C=CC=C2C=C3NC(N4CCN(c5ccccc5)CC4)CCC3CC12. The fourth-order valence-electron chi connectivity index (χ4n) is 5.02. The maximum absolute atomic E-state index is 12.2. The van der Waals surface area contributed by atoms with E-state index in [1.807, 2.05) is 6.08 Å². The molecule has 0 radical (unpaired) electrons. The van der Waals surface area contributed by atoms with Crippen molar-refractivity contribution in [3.63, 3.8) is 0 Å². The van der Waals surface area contributed by atoms with Gasteiger partial charge in [0.2, 0.25) is 0 Å². The number of ketones is 1. The lowest BCUT2D eigenvalue weighted by atomic mass is 9.74. The zero-order valence-electron chi connectivity index (χ0n) is 15.7. The van der Waals surface area contributed by atoms with Crippen LogP contribution in [0, 0.1) is 11.8 Å². The first-order valence-electron chi connectivity index (χ1n) is 10.2. The summed E-state index contributed by atoms with van der Waals surface area (Å²) in [4.78, 5) is 17.3. The lowest BCUT2D eigenvalue weighted by Crippen LogP contribution is -2.56. The summed E-state index contributed by atoms with van der Waals surface area (Å²) in [5, 5.41) is 3.82. The molecule has 1 aromatic rings. The van der Waals surface area contributed by atoms with Gasteiger partial charge in [-0.25, -0.2) is 0 Å². The molecule has 0 spiro atoms. The van der Waals surface area contributed by atoms with Gasteiger partial charge in [0.15, 0.2) is 5.78 Å². The van der Waals surface area contributed by atoms with E-state index in [-0.39, 0.29) is 11.7 Å². The minimum Gasteiger partial charge on any atom is -0.373 e. The lowest BCUT2D eigenvalue weighted by molar-refractivity contribution is -0.117. The monoisotopic (exact) mass is 361 g/mol. The Morgan fingerprint density at radius 3 is 2.63 bits per heavy atom. The summed E-state index contributed by atoms with van der Waals surface area (Å²) < 4.78 is 0. The summed E-state index contributed by atoms with van der Waals surface area (Å²) in [7, 11) is 0. The van der Waals surface area contributed by atoms with Gasteiger partial charge in [-0.15, -0.1) is 0 Å². The molecular weight excluding hydrogens is 334 g/mol. The average Bonchev–Trinajstić information content (AvgIpc) is 2.73. The highest BCUT2D eigenvalue weighted by Gasteiger charge is 2.37. The van der Waals surface area contributed by atoms with Crippen LogP contribution >= 0.6 is 0 Å². The second kappa shape index (κ2) is 7.01. The first kappa shape index (κ1) is 16.8. The van der Waals surface area contributed by atoms with Crippen LogP contribution in [0.5, 0.6) is 0 Å². The third-order valence-electron chi connectivity index (χ3n) is 6.58. The molecule has 3 unspecified atom stereocenters. The highest BCUT2D eigenvalue weighted by molar-refractivity contribution is 5.96. The first-order valence-corrected chi connectivity index (χ1v) is 10.2. The van der Waals surface area contributed by atoms with Gasteiger partial charge in [0, 0.05) is 43.5 Å². The van der Waals surface area contributed by atoms with Gasteiger partial charge >= 0.3 is 0 Å². The number of piperazine rings is 1. The molecule has 2 heterocycles. The quantitative estimate of drug-likeness (QED) is 0.878. The van der Waals surface area contributed by atoms with E-state index in [1.165, 1.54) is 29.8 Å². The fourth-order valence-corrected chi connectivity index (χ4v) is 5.02. The van der Waals surface area contributed by atoms with E-state index in [0.717, 1.165) is 32.6 Å². The second-order valence-corrected chi connectivity index (χ2v) is 8.11. The number of carbonyl (C=O) groups excluding carboxylic acids is 1. The molecule has 1 N–H and O–H groups in total. The molecule has 2 fully saturated rings. The Labute approximate surface area is 161 Å². The second-order valence-electron chi connectivity index (χ2n) is 8.11. The molecule has 4 nitrogen and oxygen atoms in total. The van der Waals surface area contributed by atoms with Gasteiger partial charge in [0.05, 0.1) is 6.17 Å². The molecule has 2 aliphatic carbocycles. The fraction of sp³-hybridized carbons (Fsp3) is 0.435. The summed E-state index contributed by atoms with van der Waals surface area (Å²) in [6.45, 7) is 4.35. The lowest BCUT2D eigenvalue weighted by Gasteiger charge is -2.45. The molecular formula is C23H27N3O. The topological polar surface area (TPSA) is 35.6 Å². The van der Waals surface area contributed by atoms with Gasteiger partial charge in [-0.2, -0.15) is 0 Å². The van der Waals surface area contributed by atoms with Crippen molar-refractivity contribution in [1.82, 2.24) is 10.2 Å². The van der Waals surface area contributed by atoms with Gasteiger partial charge in [-0.1, -0.05) is 30.4 Å². The molecule has 4 heteroatoms. The Morgan fingerprint density at radius 2 is 1.81 bits per heavy atom. The van der Waals surface area contributed by atoms with Crippen LogP contribution in [0.1, 0.15) is 19.3 Å². The number of nitrogens with zero attached hydrogens (tertiary/aromatic N) is 2. The number of nitrogens with one attached hydrogen (secondary N) is 1. The molecule has 140 valence electrons. The molecule has 27 heavy (non-hydrogen) atoms. The maximum Gasteiger partial charge on any atom is 0.163 e. The number of hydrogen-bond acceptors (Lipinski definition) is 4. The van der Waals surface area contributed by atoms with Gasteiger partial charge in [0.1, 0.15) is 0 Å². The summed E-state index contributed by atoms with van der Waals surface area (Å²) >= 11 is 0. The van der Waals surface area contributed by atoms with Gasteiger partial charge in [-0.3, -0.25) is 9.69 Å². The Kier molecular flexibility index (Phi) is 4.36. The number of hydrogen-bond donors (Lipinski definition) is 1. The third-order valence-corrected chi connectivity index (χ3v) is 6.58. The predicted molar refractivity (Wildman–Crippen MR) is 108 cm³/mol. The highest BCUT2D eigenvalue weighted by Crippen LogP contribution is 2.39. The Balaban J connectivity index is 1.24. The number of rotatable bonds is 2. The van der Waals surface area contributed by atoms with Crippen molar-refractivity contribution >= 4 is 11.5 Å². The minimum absolute atomic E-state index is 0.0940. The standard InChI is InChI=1S/C23H27N3O/c27-22-8-4-5-17-16-21-18(15-20(17)22)9-10-23(24-21)26-13-11-25(12-14-26)19-6-2-1-3-7-19/h1-8,16,18,20,23-24H,9-15H2. The number of para-hydroxylation sites is 1. The normalized spacial score (nSPS) is 30.7. The van der Waals surface area contributed by atoms with Crippen molar-refractivity contribution in [2.45, 2.75) is 25.4 Å². The molecule has 0 amide bonds. The minimum atomic E-state index is 0.0940. The number of anilines is 1. The number of carbonyl (C=O) groups is 1. The summed E-state index contributed by atoms with van der Waals surface area (Å²) in [5.41, 5.74) is 3.87. The maximum atomic E-state index is 12.2. The van der Waals surface area contributed by atoms with Crippen LogP contribution in [0.2, 0.25) is 0 Å². The van der Waals surface area contributed by atoms with Crippen LogP contribution < -0.4 is 10.2 Å². The van der Waals surface area contributed by atoms with Crippen LogP contribution in [-0.2, 0) is 4.79 Å². The van der Waals surface area contributed by atoms with E-state index < -0.39 is 0 Å². The zero-order chi connectivity index (χ0) is 18.2. The van der Waals surface area contributed by atoms with Gasteiger partial charge in [0.25, 0.3) is 0 Å². The molecule has 2 saturated heterocycles. The first-order chi connectivity index (χ1) is 13.3. The van der Waals surface area contributed by atoms with E-state index in [0.29, 0.717) is 12.1 Å². The van der Waals surface area contributed by atoms with Crippen LogP contribution in [0.25, 0.3) is 0 Å². The van der Waals surface area contributed by atoms with Crippen molar-refractivity contribution in [3.8, 4) is 0 Å². The molecule has 3 atom stereocenters. The Bertz CT molecular complexity index is 802. The van der Waals surface area contributed by atoms with E-state index in [1.54, 1.807) is 6.08 Å². The molecule has 0 aromatic heterocycles. The van der Waals surface area contributed by atoms with Crippen LogP contribution in [0.15, 0.2) is 65.9 Å². The summed E-state index contributed by atoms with van der Waals surface area (Å²) in [5.74, 6) is 0.892. The summed E-state index contributed by atoms with van der Waals surface area (Å²) in [6, 6.07) is 10.7. The van der Waals surface area contributed by atoms with Crippen molar-refractivity contribution in [2.75, 3.05) is 31.1 Å². The van der Waals surface area contributed by atoms with Crippen molar-refractivity contribution in [1.29, 1.82) is 0 Å². The Hall–Kier alpha value is -2.33. The number of piperidine rings is 1.